The molecule has 0 fully saturated rings. The van der Waals surface area contributed by atoms with Crippen LogP contribution in [0.3, 0.4) is 0 Å². The number of ether oxygens (including phenoxy) is 2. The molecule has 0 aliphatic heterocycles. The molecule has 1 atom stereocenters. The van der Waals surface area contributed by atoms with Gasteiger partial charge in [0, 0.05) is 33.4 Å². The van der Waals surface area contributed by atoms with Crippen LogP contribution in [-0.4, -0.2) is 49.5 Å². The normalized spacial score (nSPS) is 12.3. The molecule has 0 unspecified atom stereocenters. The number of nitrogens with zero attached hydrogens (tertiary/aromatic N) is 1. The molecule has 4 nitrogen and oxygen atoms in total. The first kappa shape index (κ1) is 19.4. The Morgan fingerprint density at radius 2 is 1.76 bits per heavy atom. The summed E-state index contributed by atoms with van der Waals surface area (Å²) in [6.07, 6.45) is 0.404. The van der Waals surface area contributed by atoms with Gasteiger partial charge in [0.05, 0.1) is 0 Å². The molecule has 0 amide bonds. The van der Waals surface area contributed by atoms with Gasteiger partial charge in [-0.25, -0.2) is 0 Å². The molecule has 2 rings (SSSR count). The van der Waals surface area contributed by atoms with Crippen LogP contribution in [0.4, 0.5) is 0 Å². The molecule has 1 N–H and O–H groups in total. The van der Waals surface area contributed by atoms with Crippen molar-refractivity contribution >= 4 is 0 Å². The monoisotopic (exact) mass is 343 g/mol. The van der Waals surface area contributed by atoms with Gasteiger partial charge >= 0.3 is 0 Å². The summed E-state index contributed by atoms with van der Waals surface area (Å²) in [4.78, 5) is 2.26. The van der Waals surface area contributed by atoms with Crippen molar-refractivity contribution in [3.8, 4) is 5.75 Å². The van der Waals surface area contributed by atoms with E-state index in [4.69, 9.17) is 9.47 Å². The van der Waals surface area contributed by atoms with Gasteiger partial charge in [0.15, 0.2) is 0 Å². The van der Waals surface area contributed by atoms with E-state index in [-0.39, 0.29) is 0 Å². The zero-order chi connectivity index (χ0) is 17.9. The van der Waals surface area contributed by atoms with E-state index in [1.807, 2.05) is 30.3 Å². The van der Waals surface area contributed by atoms with Gasteiger partial charge in [-0.15, -0.1) is 0 Å². The van der Waals surface area contributed by atoms with Crippen LogP contribution in [0, 0.1) is 6.92 Å². The Morgan fingerprint density at radius 3 is 2.48 bits per heavy atom. The molecule has 136 valence electrons. The molecule has 0 saturated carbocycles. The Bertz CT molecular complexity index is 603. The number of benzene rings is 2. The highest BCUT2D eigenvalue weighted by Crippen LogP contribution is 2.12. The van der Waals surface area contributed by atoms with Crippen molar-refractivity contribution in [2.75, 3.05) is 33.4 Å². The number of rotatable bonds is 11. The van der Waals surface area contributed by atoms with Gasteiger partial charge in [0.2, 0.25) is 0 Å². The van der Waals surface area contributed by atoms with Crippen LogP contribution in [0.25, 0.3) is 0 Å². The van der Waals surface area contributed by atoms with Crippen LogP contribution in [0.5, 0.6) is 5.75 Å². The fourth-order valence-electron chi connectivity index (χ4n) is 2.76. The first-order valence-electron chi connectivity index (χ1n) is 8.80. The van der Waals surface area contributed by atoms with E-state index in [9.17, 15) is 5.11 Å². The lowest BCUT2D eigenvalue weighted by Crippen LogP contribution is -2.36. The summed E-state index contributed by atoms with van der Waals surface area (Å²) in [5.41, 5.74) is 2.56. The van der Waals surface area contributed by atoms with E-state index < -0.39 is 6.10 Å². The number of hydrogen-bond donors (Lipinski definition) is 1. The Kier molecular flexibility index (Phi) is 8.46. The van der Waals surface area contributed by atoms with Gasteiger partial charge in [0.1, 0.15) is 18.5 Å². The molecular weight excluding hydrogens is 314 g/mol. The Balaban J connectivity index is 1.89. The Labute approximate surface area is 151 Å². The second kappa shape index (κ2) is 10.9. The number of aliphatic hydroxyl groups is 1. The van der Waals surface area contributed by atoms with Crippen molar-refractivity contribution in [3.05, 3.63) is 65.7 Å². The fraction of sp³-hybridized carbons (Fsp3) is 0.429. The SMILES string of the molecule is COCCCN(Cc1ccccc1C)C[C@H](O)COc1ccccc1. The van der Waals surface area contributed by atoms with E-state index in [1.54, 1.807) is 7.11 Å². The molecule has 2 aromatic carbocycles. The van der Waals surface area contributed by atoms with Crippen LogP contribution in [-0.2, 0) is 11.3 Å². The first-order valence-corrected chi connectivity index (χ1v) is 8.80. The van der Waals surface area contributed by atoms with E-state index in [0.29, 0.717) is 13.2 Å². The first-order chi connectivity index (χ1) is 12.2. The lowest BCUT2D eigenvalue weighted by molar-refractivity contribution is 0.0617. The summed E-state index contributed by atoms with van der Waals surface area (Å²) >= 11 is 0. The van der Waals surface area contributed by atoms with E-state index >= 15 is 0 Å². The lowest BCUT2D eigenvalue weighted by Gasteiger charge is -2.26. The summed E-state index contributed by atoms with van der Waals surface area (Å²) in [5, 5.41) is 10.4. The third kappa shape index (κ3) is 7.26. The molecule has 2 aromatic rings. The molecule has 0 spiro atoms. The number of aryl methyl sites for hydroxylation is 1. The van der Waals surface area contributed by atoms with Crippen LogP contribution in [0.2, 0.25) is 0 Å². The smallest absolute Gasteiger partial charge is 0.119 e. The highest BCUT2D eigenvalue weighted by atomic mass is 16.5. The van der Waals surface area contributed by atoms with Crippen LogP contribution in [0.1, 0.15) is 17.5 Å². The molecule has 4 heteroatoms. The molecule has 0 aliphatic carbocycles. The number of aliphatic hydroxyl groups excluding tert-OH is 1. The van der Waals surface area contributed by atoms with Gasteiger partial charge in [-0.1, -0.05) is 42.5 Å². The van der Waals surface area contributed by atoms with Crippen LogP contribution >= 0.6 is 0 Å². The highest BCUT2D eigenvalue weighted by molar-refractivity contribution is 5.25. The van der Waals surface area contributed by atoms with E-state index in [1.165, 1.54) is 11.1 Å². The molecule has 0 aromatic heterocycles. The molecule has 0 radical (unpaired) electrons. The number of methoxy groups -OCH3 is 1. The van der Waals surface area contributed by atoms with Gasteiger partial charge < -0.3 is 14.6 Å². The topological polar surface area (TPSA) is 41.9 Å². The molecule has 0 aliphatic rings. The van der Waals surface area contributed by atoms with E-state index in [0.717, 1.165) is 31.9 Å². The average molecular weight is 343 g/mol. The summed E-state index contributed by atoms with van der Waals surface area (Å²) in [5.74, 6) is 0.784. The van der Waals surface area contributed by atoms with Gasteiger partial charge in [-0.3, -0.25) is 4.90 Å². The maximum absolute atomic E-state index is 10.4. The number of para-hydroxylation sites is 1. The summed E-state index contributed by atoms with van der Waals surface area (Å²) in [7, 11) is 1.72. The minimum Gasteiger partial charge on any atom is -0.491 e. The van der Waals surface area contributed by atoms with Crippen molar-refractivity contribution in [1.29, 1.82) is 0 Å². The quantitative estimate of drug-likeness (QED) is 0.636. The Morgan fingerprint density at radius 1 is 1.04 bits per heavy atom. The van der Waals surface area contributed by atoms with Crippen LogP contribution < -0.4 is 4.74 Å². The van der Waals surface area contributed by atoms with Crippen molar-refractivity contribution in [1.82, 2.24) is 4.90 Å². The van der Waals surface area contributed by atoms with Gasteiger partial charge in [-0.05, 0) is 36.6 Å². The van der Waals surface area contributed by atoms with Crippen molar-refractivity contribution in [2.45, 2.75) is 26.0 Å². The number of hydrogen-bond acceptors (Lipinski definition) is 4. The van der Waals surface area contributed by atoms with Crippen molar-refractivity contribution in [3.63, 3.8) is 0 Å². The zero-order valence-electron chi connectivity index (χ0n) is 15.2. The summed E-state index contributed by atoms with van der Waals surface area (Å²) < 4.78 is 10.8. The van der Waals surface area contributed by atoms with Crippen molar-refractivity contribution in [2.24, 2.45) is 0 Å². The predicted molar refractivity (Wildman–Crippen MR) is 101 cm³/mol. The highest BCUT2D eigenvalue weighted by Gasteiger charge is 2.14. The largest absolute Gasteiger partial charge is 0.491 e. The summed E-state index contributed by atoms with van der Waals surface area (Å²) in [6.45, 7) is 5.41. The molecule has 25 heavy (non-hydrogen) atoms. The summed E-state index contributed by atoms with van der Waals surface area (Å²) in [6, 6.07) is 18.0. The minimum absolute atomic E-state index is 0.290. The molecule has 0 heterocycles. The molecule has 0 bridgehead atoms. The van der Waals surface area contributed by atoms with Gasteiger partial charge in [-0.2, -0.15) is 0 Å². The Hall–Kier alpha value is -1.88. The fourth-order valence-corrected chi connectivity index (χ4v) is 2.76. The molecular formula is C21H29NO3. The lowest BCUT2D eigenvalue weighted by atomic mass is 10.1. The third-order valence-electron chi connectivity index (χ3n) is 4.13. The van der Waals surface area contributed by atoms with E-state index in [2.05, 4.69) is 36.1 Å². The van der Waals surface area contributed by atoms with Gasteiger partial charge in [0.25, 0.3) is 0 Å². The van der Waals surface area contributed by atoms with Crippen molar-refractivity contribution < 1.29 is 14.6 Å². The molecule has 0 saturated heterocycles. The predicted octanol–water partition coefficient (Wildman–Crippen LogP) is 3.27. The average Bonchev–Trinajstić information content (AvgIpc) is 2.63. The second-order valence-electron chi connectivity index (χ2n) is 6.29. The standard InChI is InChI=1S/C21H29NO3/c1-18-9-6-7-10-19(18)15-22(13-8-14-24-2)16-20(23)17-25-21-11-4-3-5-12-21/h3-7,9-12,20,23H,8,13-17H2,1-2H3/t20-/m0/s1. The minimum atomic E-state index is -0.535. The van der Waals surface area contributed by atoms with Crippen LogP contribution in [0.15, 0.2) is 54.6 Å². The second-order valence-corrected chi connectivity index (χ2v) is 6.29. The maximum Gasteiger partial charge on any atom is 0.119 e. The maximum atomic E-state index is 10.4. The zero-order valence-corrected chi connectivity index (χ0v) is 15.2. The third-order valence-corrected chi connectivity index (χ3v) is 4.13.